The lowest BCUT2D eigenvalue weighted by molar-refractivity contribution is -0.215. The standard InChI is InChI=1S/C9H11F3N2O/c1-2-4-14-7(15)8(9(10,11)12)3-5-13-6-8/h1,13H,3-6H2,(H,14,15). The number of carbonyl (C=O) groups is 1. The van der Waals surface area contributed by atoms with Crippen molar-refractivity contribution in [2.45, 2.75) is 12.6 Å². The number of rotatable bonds is 2. The minimum Gasteiger partial charge on any atom is -0.344 e. The molecule has 0 aromatic rings. The summed E-state index contributed by atoms with van der Waals surface area (Å²) >= 11 is 0. The number of carbonyl (C=O) groups excluding carboxylic acids is 1. The summed E-state index contributed by atoms with van der Waals surface area (Å²) in [5, 5.41) is 4.63. The first-order valence-corrected chi connectivity index (χ1v) is 4.43. The average Bonchev–Trinajstić information content (AvgIpc) is 2.62. The van der Waals surface area contributed by atoms with Crippen molar-refractivity contribution in [1.29, 1.82) is 0 Å². The molecule has 1 aliphatic rings. The van der Waals surface area contributed by atoms with Gasteiger partial charge in [-0.1, -0.05) is 5.92 Å². The molecule has 1 unspecified atom stereocenters. The van der Waals surface area contributed by atoms with Crippen LogP contribution in [0.3, 0.4) is 0 Å². The van der Waals surface area contributed by atoms with Gasteiger partial charge in [0.2, 0.25) is 5.91 Å². The van der Waals surface area contributed by atoms with Crippen molar-refractivity contribution < 1.29 is 18.0 Å². The van der Waals surface area contributed by atoms with Gasteiger partial charge in [-0.2, -0.15) is 13.2 Å². The van der Waals surface area contributed by atoms with E-state index in [9.17, 15) is 18.0 Å². The largest absolute Gasteiger partial charge is 0.404 e. The monoisotopic (exact) mass is 220 g/mol. The van der Waals surface area contributed by atoms with E-state index in [0.717, 1.165) is 0 Å². The van der Waals surface area contributed by atoms with Gasteiger partial charge < -0.3 is 10.6 Å². The maximum atomic E-state index is 12.7. The lowest BCUT2D eigenvalue weighted by Crippen LogP contribution is -2.52. The van der Waals surface area contributed by atoms with Crippen LogP contribution >= 0.6 is 0 Å². The first-order valence-electron chi connectivity index (χ1n) is 4.43. The van der Waals surface area contributed by atoms with E-state index in [1.165, 1.54) is 0 Å². The zero-order chi connectivity index (χ0) is 11.5. The summed E-state index contributed by atoms with van der Waals surface area (Å²) < 4.78 is 38.2. The lowest BCUT2D eigenvalue weighted by Gasteiger charge is -2.28. The van der Waals surface area contributed by atoms with Crippen molar-refractivity contribution in [2.24, 2.45) is 5.41 Å². The summed E-state index contributed by atoms with van der Waals surface area (Å²) in [6, 6.07) is 0. The zero-order valence-electron chi connectivity index (χ0n) is 7.95. The number of amides is 1. The van der Waals surface area contributed by atoms with Gasteiger partial charge in [0.25, 0.3) is 0 Å². The summed E-state index contributed by atoms with van der Waals surface area (Å²) in [6.07, 6.45) is 0.0765. The molecule has 84 valence electrons. The lowest BCUT2D eigenvalue weighted by atomic mass is 9.85. The second kappa shape index (κ2) is 4.11. The van der Waals surface area contributed by atoms with Gasteiger partial charge in [-0.25, -0.2) is 0 Å². The summed E-state index contributed by atoms with van der Waals surface area (Å²) in [5.74, 6) is 1.03. The Kier molecular flexibility index (Phi) is 3.25. The molecule has 0 spiro atoms. The third kappa shape index (κ3) is 2.07. The maximum absolute atomic E-state index is 12.7. The van der Waals surface area contributed by atoms with Crippen LogP contribution in [0.1, 0.15) is 6.42 Å². The van der Waals surface area contributed by atoms with E-state index in [2.05, 4.69) is 16.6 Å². The number of terminal acetylenes is 1. The van der Waals surface area contributed by atoms with Gasteiger partial charge >= 0.3 is 6.18 Å². The van der Waals surface area contributed by atoms with Crippen LogP contribution in [0.2, 0.25) is 0 Å². The van der Waals surface area contributed by atoms with Gasteiger partial charge in [0.05, 0.1) is 6.54 Å². The van der Waals surface area contributed by atoms with Crippen molar-refractivity contribution in [1.82, 2.24) is 10.6 Å². The number of hydrogen-bond donors (Lipinski definition) is 2. The molecule has 2 N–H and O–H groups in total. The maximum Gasteiger partial charge on any atom is 0.404 e. The molecule has 0 bridgehead atoms. The van der Waals surface area contributed by atoms with E-state index in [0.29, 0.717) is 0 Å². The Hall–Kier alpha value is -1.22. The first kappa shape index (κ1) is 11.9. The van der Waals surface area contributed by atoms with Gasteiger partial charge in [0.1, 0.15) is 0 Å². The summed E-state index contributed by atoms with van der Waals surface area (Å²) in [6.45, 7) is -0.382. The Morgan fingerprint density at radius 1 is 1.60 bits per heavy atom. The summed E-state index contributed by atoms with van der Waals surface area (Å²) in [4.78, 5) is 11.4. The molecule has 1 saturated heterocycles. The highest BCUT2D eigenvalue weighted by atomic mass is 19.4. The third-order valence-corrected chi connectivity index (χ3v) is 2.48. The van der Waals surface area contributed by atoms with Gasteiger partial charge in [-0.05, 0) is 13.0 Å². The van der Waals surface area contributed by atoms with Crippen LogP contribution in [0.4, 0.5) is 13.2 Å². The van der Waals surface area contributed by atoms with Gasteiger partial charge in [-0.15, -0.1) is 6.42 Å². The molecular formula is C9H11F3N2O. The molecule has 1 heterocycles. The number of nitrogens with one attached hydrogen (secondary N) is 2. The molecule has 1 atom stereocenters. The SMILES string of the molecule is C#CCNC(=O)C1(C(F)(F)F)CCNC1. The molecule has 0 aromatic carbocycles. The molecule has 0 aliphatic carbocycles. The number of hydrogen-bond acceptors (Lipinski definition) is 2. The minimum atomic E-state index is -4.55. The van der Waals surface area contributed by atoms with Crippen LogP contribution in [0.15, 0.2) is 0 Å². The molecule has 0 aromatic heterocycles. The Bertz CT molecular complexity index is 287. The van der Waals surface area contributed by atoms with Crippen LogP contribution < -0.4 is 10.6 Å². The fourth-order valence-electron chi connectivity index (χ4n) is 1.56. The van der Waals surface area contributed by atoms with E-state index in [1.54, 1.807) is 0 Å². The van der Waals surface area contributed by atoms with Crippen molar-refractivity contribution in [3.63, 3.8) is 0 Å². The highest BCUT2D eigenvalue weighted by molar-refractivity contribution is 5.84. The molecule has 6 heteroatoms. The van der Waals surface area contributed by atoms with Crippen molar-refractivity contribution >= 4 is 5.91 Å². The van der Waals surface area contributed by atoms with Crippen molar-refractivity contribution in [2.75, 3.05) is 19.6 Å². The highest BCUT2D eigenvalue weighted by Gasteiger charge is 2.61. The summed E-state index contributed by atoms with van der Waals surface area (Å²) in [7, 11) is 0. The fraction of sp³-hybridized carbons (Fsp3) is 0.667. The number of alkyl halides is 3. The Balaban J connectivity index is 2.83. The molecule has 1 aliphatic heterocycles. The molecule has 1 rings (SSSR count). The average molecular weight is 220 g/mol. The fourth-order valence-corrected chi connectivity index (χ4v) is 1.56. The topological polar surface area (TPSA) is 41.1 Å². The van der Waals surface area contributed by atoms with Crippen molar-refractivity contribution in [3.8, 4) is 12.3 Å². The molecule has 1 fully saturated rings. The molecule has 15 heavy (non-hydrogen) atoms. The van der Waals surface area contributed by atoms with Gasteiger partial charge in [-0.3, -0.25) is 4.79 Å². The Labute approximate surface area is 85.4 Å². The quantitative estimate of drug-likeness (QED) is 0.656. The van der Waals surface area contributed by atoms with E-state index < -0.39 is 17.5 Å². The second-order valence-corrected chi connectivity index (χ2v) is 3.39. The Morgan fingerprint density at radius 2 is 2.27 bits per heavy atom. The summed E-state index contributed by atoms with van der Waals surface area (Å²) in [5.41, 5.74) is -2.32. The van der Waals surface area contributed by atoms with Crippen molar-refractivity contribution in [3.05, 3.63) is 0 Å². The number of halogens is 3. The Morgan fingerprint density at radius 3 is 2.67 bits per heavy atom. The molecule has 3 nitrogen and oxygen atoms in total. The molecule has 0 radical (unpaired) electrons. The predicted octanol–water partition coefficient (Wildman–Crippen LogP) is 0.278. The smallest absolute Gasteiger partial charge is 0.344 e. The molecular weight excluding hydrogens is 209 g/mol. The van der Waals surface area contributed by atoms with Crippen LogP contribution in [0, 0.1) is 17.8 Å². The van der Waals surface area contributed by atoms with Crippen LogP contribution in [-0.4, -0.2) is 31.7 Å². The van der Waals surface area contributed by atoms with Gasteiger partial charge in [0.15, 0.2) is 5.41 Å². The predicted molar refractivity (Wildman–Crippen MR) is 47.8 cm³/mol. The highest BCUT2D eigenvalue weighted by Crippen LogP contribution is 2.43. The first-order chi connectivity index (χ1) is 6.94. The third-order valence-electron chi connectivity index (χ3n) is 2.48. The van der Waals surface area contributed by atoms with E-state index in [-0.39, 0.29) is 26.1 Å². The van der Waals surface area contributed by atoms with Crippen LogP contribution in [0.25, 0.3) is 0 Å². The van der Waals surface area contributed by atoms with E-state index in [1.807, 2.05) is 0 Å². The normalized spacial score (nSPS) is 26.0. The van der Waals surface area contributed by atoms with E-state index >= 15 is 0 Å². The zero-order valence-corrected chi connectivity index (χ0v) is 7.95. The molecule has 0 saturated carbocycles. The second-order valence-electron chi connectivity index (χ2n) is 3.39. The van der Waals surface area contributed by atoms with Crippen LogP contribution in [0.5, 0.6) is 0 Å². The molecule has 1 amide bonds. The van der Waals surface area contributed by atoms with E-state index in [4.69, 9.17) is 6.42 Å². The van der Waals surface area contributed by atoms with Gasteiger partial charge in [0, 0.05) is 6.54 Å². The minimum absolute atomic E-state index is 0.184. The van der Waals surface area contributed by atoms with Crippen LogP contribution in [-0.2, 0) is 4.79 Å².